The zero-order valence-corrected chi connectivity index (χ0v) is 18.2. The summed E-state index contributed by atoms with van der Waals surface area (Å²) in [5.41, 5.74) is 1.38. The van der Waals surface area contributed by atoms with E-state index in [1.165, 1.54) is 31.2 Å². The molecule has 1 aromatic rings. The van der Waals surface area contributed by atoms with Crippen molar-refractivity contribution in [3.63, 3.8) is 0 Å². The number of thioether (sulfide) groups is 5. The molecule has 0 aromatic heterocycles. The van der Waals surface area contributed by atoms with Crippen LogP contribution in [0.5, 0.6) is 0 Å². The minimum atomic E-state index is -0.372. The van der Waals surface area contributed by atoms with Gasteiger partial charge in [-0.05, 0) is 42.7 Å². The number of carbonyl (C=O) groups excluding carboxylic acids is 1. The largest absolute Gasteiger partial charge is 0.457 e. The van der Waals surface area contributed by atoms with Crippen molar-refractivity contribution in [3.8, 4) is 0 Å². The Morgan fingerprint density at radius 3 is 2.33 bits per heavy atom. The molecule has 1 aliphatic rings. The Labute approximate surface area is 165 Å². The van der Waals surface area contributed by atoms with Crippen LogP contribution in [0.3, 0.4) is 0 Å². The van der Waals surface area contributed by atoms with Gasteiger partial charge in [0.15, 0.2) is 0 Å². The second-order valence-electron chi connectivity index (χ2n) is 4.80. The summed E-state index contributed by atoms with van der Waals surface area (Å²) >= 11 is 9.01. The van der Waals surface area contributed by atoms with E-state index in [1.807, 2.05) is 11.8 Å². The van der Waals surface area contributed by atoms with Gasteiger partial charge in [0.2, 0.25) is 0 Å². The van der Waals surface area contributed by atoms with E-state index in [4.69, 9.17) is 4.74 Å². The van der Waals surface area contributed by atoms with Gasteiger partial charge in [0.1, 0.15) is 6.61 Å². The van der Waals surface area contributed by atoms with Gasteiger partial charge in [0.05, 0.1) is 4.58 Å². The molecule has 1 aliphatic heterocycles. The molecule has 0 saturated heterocycles. The zero-order chi connectivity index (χ0) is 17.7. The number of ether oxygens (including phenoxy) is 1. The van der Waals surface area contributed by atoms with Crippen molar-refractivity contribution in [3.05, 3.63) is 40.2 Å². The molecule has 0 amide bonds. The summed E-state index contributed by atoms with van der Waals surface area (Å²) in [5, 5.41) is 0. The third kappa shape index (κ3) is 4.75. The third-order valence-corrected chi connectivity index (χ3v) is 8.60. The molecule has 0 N–H and O–H groups in total. The fourth-order valence-electron chi connectivity index (χ4n) is 2.18. The summed E-state index contributed by atoms with van der Waals surface area (Å²) in [6.45, 7) is 5.87. The average Bonchev–Trinajstić information content (AvgIpc) is 2.98. The molecule has 0 bridgehead atoms. The Balaban J connectivity index is 2.24. The molecule has 7 heteroatoms. The highest BCUT2D eigenvalue weighted by molar-refractivity contribution is 8.23. The van der Waals surface area contributed by atoms with Gasteiger partial charge in [-0.25, -0.2) is 4.79 Å². The SMILES string of the molecule is C=CC(=O)OCC1=C(C)SC(c2c(SC)cc(SC)cc2SC)S1. The van der Waals surface area contributed by atoms with Crippen molar-refractivity contribution in [2.45, 2.75) is 26.2 Å². The maximum Gasteiger partial charge on any atom is 0.330 e. The van der Waals surface area contributed by atoms with E-state index in [0.29, 0.717) is 11.2 Å². The van der Waals surface area contributed by atoms with E-state index in [2.05, 4.69) is 44.4 Å². The first-order valence-corrected chi connectivity index (χ1v) is 12.6. The number of carbonyl (C=O) groups is 1. The fourth-order valence-corrected chi connectivity index (χ4v) is 7.61. The molecule has 2 rings (SSSR count). The number of hydrogen-bond acceptors (Lipinski definition) is 7. The maximum atomic E-state index is 11.3. The predicted octanol–water partition coefficient (Wildman–Crippen LogP) is 6.29. The van der Waals surface area contributed by atoms with Crippen molar-refractivity contribution in [2.24, 2.45) is 0 Å². The summed E-state index contributed by atoms with van der Waals surface area (Å²) < 4.78 is 5.53. The van der Waals surface area contributed by atoms with Crippen LogP contribution in [0.25, 0.3) is 0 Å². The van der Waals surface area contributed by atoms with Crippen LogP contribution in [-0.4, -0.2) is 31.3 Å². The molecule has 0 saturated carbocycles. The van der Waals surface area contributed by atoms with Crippen LogP contribution in [0.2, 0.25) is 0 Å². The van der Waals surface area contributed by atoms with Crippen LogP contribution in [0.1, 0.15) is 17.1 Å². The molecule has 1 heterocycles. The Kier molecular flexibility index (Phi) is 8.07. The molecule has 2 nitrogen and oxygen atoms in total. The van der Waals surface area contributed by atoms with Crippen molar-refractivity contribution >= 4 is 64.8 Å². The summed E-state index contributed by atoms with van der Waals surface area (Å²) in [5.74, 6) is -0.372. The smallest absolute Gasteiger partial charge is 0.330 e. The predicted molar refractivity (Wildman–Crippen MR) is 114 cm³/mol. The van der Waals surface area contributed by atoms with Crippen LogP contribution in [-0.2, 0) is 9.53 Å². The number of allylic oxidation sites excluding steroid dienone is 1. The molecule has 0 fully saturated rings. The molecule has 1 atom stereocenters. The topological polar surface area (TPSA) is 26.3 Å². The van der Waals surface area contributed by atoms with Gasteiger partial charge in [0.25, 0.3) is 0 Å². The van der Waals surface area contributed by atoms with Gasteiger partial charge >= 0.3 is 5.97 Å². The van der Waals surface area contributed by atoms with E-state index < -0.39 is 0 Å². The van der Waals surface area contributed by atoms with Gasteiger partial charge in [-0.2, -0.15) is 0 Å². The molecule has 0 radical (unpaired) electrons. The summed E-state index contributed by atoms with van der Waals surface area (Å²) in [4.78, 5) is 17.6. The van der Waals surface area contributed by atoms with Crippen LogP contribution < -0.4 is 0 Å². The summed E-state index contributed by atoms with van der Waals surface area (Å²) in [6.07, 6.45) is 7.58. The van der Waals surface area contributed by atoms with Crippen LogP contribution in [0.4, 0.5) is 0 Å². The lowest BCUT2D eigenvalue weighted by Crippen LogP contribution is -2.02. The van der Waals surface area contributed by atoms with E-state index >= 15 is 0 Å². The quantitative estimate of drug-likeness (QED) is 0.293. The molecular weight excluding hydrogens is 397 g/mol. The first-order valence-electron chi connectivity index (χ1n) is 7.16. The van der Waals surface area contributed by atoms with Crippen LogP contribution in [0, 0.1) is 0 Å². The highest BCUT2D eigenvalue weighted by atomic mass is 32.2. The minimum Gasteiger partial charge on any atom is -0.457 e. The van der Waals surface area contributed by atoms with Gasteiger partial charge in [-0.1, -0.05) is 6.58 Å². The van der Waals surface area contributed by atoms with Crippen molar-refractivity contribution < 1.29 is 9.53 Å². The van der Waals surface area contributed by atoms with Gasteiger partial charge < -0.3 is 4.74 Å². The highest BCUT2D eigenvalue weighted by Crippen LogP contribution is 2.58. The maximum absolute atomic E-state index is 11.3. The van der Waals surface area contributed by atoms with E-state index in [-0.39, 0.29) is 5.97 Å². The second-order valence-corrected chi connectivity index (χ2v) is 10.2. The Morgan fingerprint density at radius 1 is 1.21 bits per heavy atom. The molecule has 130 valence electrons. The third-order valence-electron chi connectivity index (χ3n) is 3.43. The van der Waals surface area contributed by atoms with E-state index in [0.717, 1.165) is 4.91 Å². The zero-order valence-electron chi connectivity index (χ0n) is 14.1. The first-order chi connectivity index (χ1) is 11.5. The first kappa shape index (κ1) is 20.2. The molecule has 0 aliphatic carbocycles. The van der Waals surface area contributed by atoms with Crippen molar-refractivity contribution in [1.29, 1.82) is 0 Å². The second kappa shape index (κ2) is 9.57. The molecule has 24 heavy (non-hydrogen) atoms. The van der Waals surface area contributed by atoms with Gasteiger partial charge in [-0.3, -0.25) is 0 Å². The standard InChI is InChI=1S/C17H20O2S5/c1-6-15(18)19-9-14-10(2)23-17(24-14)16-12(21-4)7-11(20-3)8-13(16)22-5/h6-8,17H,1,9H2,2-5H3. The van der Waals surface area contributed by atoms with E-state index in [1.54, 1.807) is 47.0 Å². The van der Waals surface area contributed by atoms with Crippen molar-refractivity contribution in [1.82, 2.24) is 0 Å². The number of hydrogen-bond donors (Lipinski definition) is 0. The van der Waals surface area contributed by atoms with Crippen LogP contribution in [0.15, 0.2) is 49.3 Å². The monoisotopic (exact) mass is 416 g/mol. The number of rotatable bonds is 7. The lowest BCUT2D eigenvalue weighted by atomic mass is 10.2. The normalized spacial score (nSPS) is 17.2. The minimum absolute atomic E-state index is 0.309. The van der Waals surface area contributed by atoms with Gasteiger partial charge in [-0.15, -0.1) is 58.8 Å². The molecule has 0 spiro atoms. The Bertz CT molecular complexity index is 644. The molecular formula is C17H20O2S5. The fraction of sp³-hybridized carbons (Fsp3) is 0.353. The van der Waals surface area contributed by atoms with E-state index in [9.17, 15) is 4.79 Å². The number of benzene rings is 1. The highest BCUT2D eigenvalue weighted by Gasteiger charge is 2.29. The summed E-state index contributed by atoms with van der Waals surface area (Å²) in [7, 11) is 0. The van der Waals surface area contributed by atoms with Crippen LogP contribution >= 0.6 is 58.8 Å². The van der Waals surface area contributed by atoms with Crippen molar-refractivity contribution in [2.75, 3.05) is 25.4 Å². The average molecular weight is 417 g/mol. The molecule has 1 aromatic carbocycles. The summed E-state index contributed by atoms with van der Waals surface area (Å²) in [6, 6.07) is 4.55. The molecule has 1 unspecified atom stereocenters. The van der Waals surface area contributed by atoms with Gasteiger partial charge in [0, 0.05) is 31.2 Å². The number of esters is 1. The Morgan fingerprint density at radius 2 is 1.83 bits per heavy atom. The lowest BCUT2D eigenvalue weighted by Gasteiger charge is -2.19. The Hall–Kier alpha value is -0.0800. The lowest BCUT2D eigenvalue weighted by molar-refractivity contribution is -0.136.